The first-order valence-electron chi connectivity index (χ1n) is 11.1. The van der Waals surface area contributed by atoms with E-state index in [0.717, 1.165) is 17.7 Å². The summed E-state index contributed by atoms with van der Waals surface area (Å²) in [7, 11) is 0. The molecule has 198 valence electrons. The number of rotatable bonds is 6. The van der Waals surface area contributed by atoms with E-state index in [9.17, 15) is 32.3 Å². The quantitative estimate of drug-likeness (QED) is 0.154. The monoisotopic (exact) mass is 567 g/mol. The SMILES string of the molecule is O=C(C=C(c1cc(Cl)c(F)c(Cl)c1)C(F)(F)F)c1ccc(C2(O)CN(C(=O)OCc3ccccc3)C2)cc1. The summed E-state index contributed by atoms with van der Waals surface area (Å²) < 4.78 is 60.0. The van der Waals surface area contributed by atoms with Crippen LogP contribution in [0.4, 0.5) is 22.4 Å². The van der Waals surface area contributed by atoms with E-state index in [1.165, 1.54) is 29.2 Å². The van der Waals surface area contributed by atoms with Crippen LogP contribution in [0.15, 0.2) is 72.8 Å². The number of ether oxygens (including phenoxy) is 1. The fourth-order valence-electron chi connectivity index (χ4n) is 3.91. The number of hydrogen-bond acceptors (Lipinski definition) is 4. The van der Waals surface area contributed by atoms with Crippen LogP contribution in [0.1, 0.15) is 27.0 Å². The molecule has 1 aliphatic rings. The van der Waals surface area contributed by atoms with Gasteiger partial charge in [0, 0.05) is 5.56 Å². The Bertz CT molecular complexity index is 1360. The molecule has 11 heteroatoms. The van der Waals surface area contributed by atoms with Crippen LogP contribution < -0.4 is 0 Å². The minimum absolute atomic E-state index is 0.0574. The Balaban J connectivity index is 1.44. The third-order valence-corrected chi connectivity index (χ3v) is 6.50. The Morgan fingerprint density at radius 2 is 1.55 bits per heavy atom. The van der Waals surface area contributed by atoms with Crippen molar-refractivity contribution in [3.8, 4) is 0 Å². The molecule has 3 aromatic carbocycles. The van der Waals surface area contributed by atoms with E-state index < -0.39 is 50.7 Å². The number of amides is 1. The average Bonchev–Trinajstić information content (AvgIpc) is 2.86. The van der Waals surface area contributed by atoms with Gasteiger partial charge in [-0.3, -0.25) is 4.79 Å². The van der Waals surface area contributed by atoms with Crippen LogP contribution in [0, 0.1) is 5.82 Å². The van der Waals surface area contributed by atoms with Gasteiger partial charge in [0.05, 0.1) is 28.7 Å². The molecule has 0 aliphatic carbocycles. The number of β-amino-alcohol motifs (C(OH)–C–C–N with tert-alkyl or cyclic N) is 1. The second-order valence-corrected chi connectivity index (χ2v) is 9.49. The van der Waals surface area contributed by atoms with Crippen molar-refractivity contribution in [1.29, 1.82) is 0 Å². The highest BCUT2D eigenvalue weighted by molar-refractivity contribution is 6.35. The Morgan fingerprint density at radius 1 is 0.974 bits per heavy atom. The van der Waals surface area contributed by atoms with Gasteiger partial charge < -0.3 is 14.7 Å². The number of halogens is 6. The molecule has 1 N–H and O–H groups in total. The van der Waals surface area contributed by atoms with Gasteiger partial charge in [-0.25, -0.2) is 9.18 Å². The molecule has 1 aliphatic heterocycles. The number of carbonyl (C=O) groups is 2. The number of nitrogens with zero attached hydrogens (tertiary/aromatic N) is 1. The van der Waals surface area contributed by atoms with Crippen molar-refractivity contribution in [2.24, 2.45) is 0 Å². The Hall–Kier alpha value is -3.40. The molecule has 5 nitrogen and oxygen atoms in total. The molecule has 1 fully saturated rings. The number of aliphatic hydroxyl groups is 1. The minimum Gasteiger partial charge on any atom is -0.445 e. The molecule has 0 bridgehead atoms. The van der Waals surface area contributed by atoms with Crippen LogP contribution in [-0.2, 0) is 16.9 Å². The molecule has 0 atom stereocenters. The van der Waals surface area contributed by atoms with E-state index in [4.69, 9.17) is 27.9 Å². The third kappa shape index (κ3) is 6.01. The molecular weight excluding hydrogens is 549 g/mol. The van der Waals surface area contributed by atoms with Crippen molar-refractivity contribution in [3.05, 3.63) is 111 Å². The minimum atomic E-state index is -4.96. The second kappa shape index (κ2) is 10.8. The highest BCUT2D eigenvalue weighted by Crippen LogP contribution is 2.38. The zero-order chi connectivity index (χ0) is 27.7. The Morgan fingerprint density at radius 3 is 2.11 bits per heavy atom. The van der Waals surface area contributed by atoms with Crippen molar-refractivity contribution in [3.63, 3.8) is 0 Å². The largest absolute Gasteiger partial charge is 0.445 e. The molecule has 38 heavy (non-hydrogen) atoms. The number of allylic oxidation sites excluding steroid dienone is 2. The first-order chi connectivity index (χ1) is 17.9. The van der Waals surface area contributed by atoms with Crippen LogP contribution >= 0.6 is 23.2 Å². The number of benzene rings is 3. The van der Waals surface area contributed by atoms with E-state index >= 15 is 0 Å². The summed E-state index contributed by atoms with van der Waals surface area (Å²) in [5, 5.41) is 9.60. The van der Waals surface area contributed by atoms with Gasteiger partial charge in [-0.15, -0.1) is 0 Å². The molecule has 1 heterocycles. The van der Waals surface area contributed by atoms with Crippen molar-refractivity contribution in [2.75, 3.05) is 13.1 Å². The van der Waals surface area contributed by atoms with Gasteiger partial charge in [0.15, 0.2) is 11.6 Å². The summed E-state index contributed by atoms with van der Waals surface area (Å²) in [6.45, 7) is -0.0363. The topological polar surface area (TPSA) is 66.8 Å². The zero-order valence-corrected chi connectivity index (χ0v) is 20.9. The normalized spacial score (nSPS) is 15.1. The molecule has 0 spiro atoms. The van der Waals surface area contributed by atoms with Crippen LogP contribution in [0.3, 0.4) is 0 Å². The summed E-state index contributed by atoms with van der Waals surface area (Å²) >= 11 is 11.3. The van der Waals surface area contributed by atoms with Crippen molar-refractivity contribution >= 4 is 40.7 Å². The maximum absolute atomic E-state index is 13.7. The average molecular weight is 568 g/mol. The van der Waals surface area contributed by atoms with Crippen LogP contribution in [-0.4, -0.2) is 41.1 Å². The molecule has 4 rings (SSSR count). The molecule has 0 saturated carbocycles. The first-order valence-corrected chi connectivity index (χ1v) is 11.9. The number of alkyl halides is 3. The summed E-state index contributed by atoms with van der Waals surface area (Å²) in [6.07, 6.45) is -5.19. The van der Waals surface area contributed by atoms with Crippen molar-refractivity contribution < 1.29 is 37.0 Å². The lowest BCUT2D eigenvalue weighted by Gasteiger charge is -2.45. The lowest BCUT2D eigenvalue weighted by atomic mass is 9.86. The molecule has 1 saturated heterocycles. The van der Waals surface area contributed by atoms with Crippen molar-refractivity contribution in [2.45, 2.75) is 18.4 Å². The number of carbonyl (C=O) groups excluding carboxylic acids is 2. The second-order valence-electron chi connectivity index (χ2n) is 8.68. The van der Waals surface area contributed by atoms with Gasteiger partial charge in [-0.2, -0.15) is 13.2 Å². The number of ketones is 1. The molecule has 0 radical (unpaired) electrons. The van der Waals surface area contributed by atoms with Crippen LogP contribution in [0.2, 0.25) is 10.0 Å². The molecule has 0 aromatic heterocycles. The standard InChI is InChI=1S/C27H19Cl2F4NO4/c28-21-10-18(11-22(29)24(21)30)20(27(31,32)33)12-23(35)17-6-8-19(9-7-17)26(37)14-34(15-26)25(36)38-13-16-4-2-1-3-5-16/h1-12,37H,13-15H2. The lowest BCUT2D eigenvalue weighted by Crippen LogP contribution is -2.61. The van der Waals surface area contributed by atoms with E-state index in [-0.39, 0.29) is 25.3 Å². The summed E-state index contributed by atoms with van der Waals surface area (Å²) in [4.78, 5) is 26.2. The van der Waals surface area contributed by atoms with Gasteiger partial charge in [0.25, 0.3) is 0 Å². The Kier molecular flexibility index (Phi) is 7.83. The molecule has 0 unspecified atom stereocenters. The van der Waals surface area contributed by atoms with Gasteiger partial charge in [0.1, 0.15) is 12.2 Å². The van der Waals surface area contributed by atoms with Crippen LogP contribution in [0.5, 0.6) is 0 Å². The maximum Gasteiger partial charge on any atom is 0.417 e. The fraction of sp³-hybridized carbons (Fsp3) is 0.185. The molecule has 3 aromatic rings. The highest BCUT2D eigenvalue weighted by atomic mass is 35.5. The van der Waals surface area contributed by atoms with Gasteiger partial charge in [0.2, 0.25) is 0 Å². The number of hydrogen-bond donors (Lipinski definition) is 1. The van der Waals surface area contributed by atoms with E-state index in [1.54, 1.807) is 12.1 Å². The van der Waals surface area contributed by atoms with Gasteiger partial charge in [-0.1, -0.05) is 77.8 Å². The van der Waals surface area contributed by atoms with Crippen molar-refractivity contribution in [1.82, 2.24) is 4.90 Å². The van der Waals surface area contributed by atoms with E-state index in [0.29, 0.717) is 11.6 Å². The smallest absolute Gasteiger partial charge is 0.417 e. The number of likely N-dealkylation sites (tertiary alicyclic amines) is 1. The van der Waals surface area contributed by atoms with Crippen LogP contribution in [0.25, 0.3) is 5.57 Å². The molecule has 1 amide bonds. The fourth-order valence-corrected chi connectivity index (χ4v) is 4.39. The Labute approximate surface area is 224 Å². The van der Waals surface area contributed by atoms with Gasteiger partial charge >= 0.3 is 12.3 Å². The highest BCUT2D eigenvalue weighted by Gasteiger charge is 2.45. The van der Waals surface area contributed by atoms with E-state index in [2.05, 4.69) is 0 Å². The third-order valence-electron chi connectivity index (χ3n) is 5.95. The lowest BCUT2D eigenvalue weighted by molar-refractivity contribution is -0.0949. The molecular formula is C27H19Cl2F4NO4. The van der Waals surface area contributed by atoms with E-state index in [1.807, 2.05) is 18.2 Å². The maximum atomic E-state index is 13.7. The summed E-state index contributed by atoms with van der Waals surface area (Å²) in [5.74, 6) is -2.05. The zero-order valence-electron chi connectivity index (χ0n) is 19.4. The predicted octanol–water partition coefficient (Wildman–Crippen LogP) is 6.80. The summed E-state index contributed by atoms with van der Waals surface area (Å²) in [5.41, 5.74) is -2.22. The summed E-state index contributed by atoms with van der Waals surface area (Å²) in [6, 6.07) is 15.9. The first kappa shape index (κ1) is 27.6. The predicted molar refractivity (Wildman–Crippen MR) is 133 cm³/mol. The van der Waals surface area contributed by atoms with Gasteiger partial charge in [-0.05, 0) is 34.9 Å².